The van der Waals surface area contributed by atoms with Gasteiger partial charge in [0.05, 0.1) is 6.10 Å². The molecule has 20 heavy (non-hydrogen) atoms. The van der Waals surface area contributed by atoms with Crippen LogP contribution in [0.15, 0.2) is 0 Å². The highest BCUT2D eigenvalue weighted by atomic mass is 19.3. The predicted molar refractivity (Wildman–Crippen MR) is 60.6 cm³/mol. The molecule has 0 aromatic carbocycles. The van der Waals surface area contributed by atoms with E-state index in [0.29, 0.717) is 0 Å². The maximum absolute atomic E-state index is 13.9. The summed E-state index contributed by atoms with van der Waals surface area (Å²) in [6, 6.07) is 0. The van der Waals surface area contributed by atoms with Gasteiger partial charge in [0.15, 0.2) is 0 Å². The third-order valence-corrected chi connectivity index (χ3v) is 4.06. The minimum atomic E-state index is -3.99. The summed E-state index contributed by atoms with van der Waals surface area (Å²) in [4.78, 5) is 0. The van der Waals surface area contributed by atoms with Gasteiger partial charge in [0.25, 0.3) is 0 Å². The van der Waals surface area contributed by atoms with Crippen LogP contribution in [0.2, 0.25) is 0 Å². The molecule has 0 spiro atoms. The molecule has 0 aromatic rings. The fourth-order valence-corrected chi connectivity index (χ4v) is 2.97. The third kappa shape index (κ3) is 3.59. The molecular weight excluding hydrogens is 286 g/mol. The van der Waals surface area contributed by atoms with Crippen molar-refractivity contribution in [3.8, 4) is 0 Å². The molecule has 0 saturated heterocycles. The summed E-state index contributed by atoms with van der Waals surface area (Å²) in [5.74, 6) is -2.28. The minimum Gasteiger partial charge on any atom is -0.317 e. The van der Waals surface area contributed by atoms with Crippen molar-refractivity contribution in [1.29, 1.82) is 0 Å². The van der Waals surface area contributed by atoms with Crippen LogP contribution in [0.25, 0.3) is 0 Å². The van der Waals surface area contributed by atoms with E-state index in [-0.39, 0.29) is 25.7 Å². The van der Waals surface area contributed by atoms with Crippen LogP contribution in [0.5, 0.6) is 0 Å². The first-order valence-electron chi connectivity index (χ1n) is 6.91. The normalized spacial score (nSPS) is 43.5. The SMILES string of the molecule is FC1CCC(OC(F)(F)C2C(F)CC(F)CC2F)CC1. The molecule has 2 aliphatic rings. The summed E-state index contributed by atoms with van der Waals surface area (Å²) >= 11 is 0. The lowest BCUT2D eigenvalue weighted by molar-refractivity contribution is -0.319. The Labute approximate surface area is 113 Å². The van der Waals surface area contributed by atoms with Crippen LogP contribution in [0.4, 0.5) is 26.3 Å². The van der Waals surface area contributed by atoms with E-state index < -0.39 is 55.7 Å². The van der Waals surface area contributed by atoms with Crippen LogP contribution in [0.1, 0.15) is 38.5 Å². The number of halogens is 6. The van der Waals surface area contributed by atoms with Crippen molar-refractivity contribution in [1.82, 2.24) is 0 Å². The molecule has 2 saturated carbocycles. The Morgan fingerprint density at radius 1 is 0.750 bits per heavy atom. The molecule has 2 aliphatic carbocycles. The van der Waals surface area contributed by atoms with Gasteiger partial charge in [-0.3, -0.25) is 0 Å². The van der Waals surface area contributed by atoms with Crippen molar-refractivity contribution in [3.63, 3.8) is 0 Å². The Morgan fingerprint density at radius 2 is 1.25 bits per heavy atom. The van der Waals surface area contributed by atoms with Crippen LogP contribution in [-0.4, -0.2) is 36.9 Å². The predicted octanol–water partition coefficient (Wildman–Crippen LogP) is 4.30. The first-order chi connectivity index (χ1) is 9.29. The van der Waals surface area contributed by atoms with Crippen molar-refractivity contribution >= 4 is 0 Å². The fraction of sp³-hybridized carbons (Fsp3) is 1.00. The Kier molecular flexibility index (Phi) is 4.87. The Balaban J connectivity index is 1.98. The standard InChI is InChI=1S/C13H18F6O/c14-7-1-3-9(4-2-7)20-13(18,19)12-10(16)5-8(15)6-11(12)17/h7-12H,1-6H2. The van der Waals surface area contributed by atoms with Gasteiger partial charge >= 0.3 is 6.11 Å². The summed E-state index contributed by atoms with van der Waals surface area (Å²) in [5.41, 5.74) is 0. The molecule has 0 aliphatic heterocycles. The van der Waals surface area contributed by atoms with Gasteiger partial charge in [-0.25, -0.2) is 17.6 Å². The van der Waals surface area contributed by atoms with Crippen LogP contribution >= 0.6 is 0 Å². The quantitative estimate of drug-likeness (QED) is 0.706. The van der Waals surface area contributed by atoms with E-state index in [9.17, 15) is 26.3 Å². The zero-order chi connectivity index (χ0) is 14.9. The van der Waals surface area contributed by atoms with Crippen molar-refractivity contribution in [2.75, 3.05) is 0 Å². The first kappa shape index (κ1) is 15.9. The molecule has 0 heterocycles. The maximum atomic E-state index is 13.9. The summed E-state index contributed by atoms with van der Waals surface area (Å²) in [6.45, 7) is 0. The number of ether oxygens (including phenoxy) is 1. The Morgan fingerprint density at radius 3 is 1.75 bits per heavy atom. The summed E-state index contributed by atoms with van der Waals surface area (Å²) in [5, 5.41) is 0. The lowest BCUT2D eigenvalue weighted by Gasteiger charge is -2.38. The van der Waals surface area contributed by atoms with Gasteiger partial charge in [0.1, 0.15) is 30.6 Å². The summed E-state index contributed by atoms with van der Waals surface area (Å²) < 4.78 is 85.3. The molecule has 0 amide bonds. The molecule has 2 fully saturated rings. The van der Waals surface area contributed by atoms with Gasteiger partial charge in [0.2, 0.25) is 0 Å². The lowest BCUT2D eigenvalue weighted by Crippen LogP contribution is -2.50. The zero-order valence-corrected chi connectivity index (χ0v) is 10.9. The molecule has 2 atom stereocenters. The Hall–Kier alpha value is -0.460. The first-order valence-corrected chi connectivity index (χ1v) is 6.91. The van der Waals surface area contributed by atoms with Crippen LogP contribution < -0.4 is 0 Å². The molecule has 0 aromatic heterocycles. The second-order valence-corrected chi connectivity index (χ2v) is 5.68. The van der Waals surface area contributed by atoms with Crippen molar-refractivity contribution < 1.29 is 31.1 Å². The monoisotopic (exact) mass is 304 g/mol. The van der Waals surface area contributed by atoms with E-state index in [4.69, 9.17) is 0 Å². The third-order valence-electron chi connectivity index (χ3n) is 4.06. The average Bonchev–Trinajstić information content (AvgIpc) is 2.30. The number of alkyl halides is 6. The van der Waals surface area contributed by atoms with Crippen molar-refractivity contribution in [2.24, 2.45) is 5.92 Å². The Bertz CT molecular complexity index is 306. The highest BCUT2D eigenvalue weighted by Gasteiger charge is 2.55. The highest BCUT2D eigenvalue weighted by molar-refractivity contribution is 4.92. The summed E-state index contributed by atoms with van der Waals surface area (Å²) in [6.07, 6.45) is -13.3. The fourth-order valence-electron chi connectivity index (χ4n) is 2.97. The van der Waals surface area contributed by atoms with Gasteiger partial charge in [-0.1, -0.05) is 0 Å². The van der Waals surface area contributed by atoms with E-state index in [1.165, 1.54) is 0 Å². The molecule has 2 unspecified atom stereocenters. The molecule has 7 heteroatoms. The van der Waals surface area contributed by atoms with E-state index >= 15 is 0 Å². The average molecular weight is 304 g/mol. The number of rotatable bonds is 3. The number of hydrogen-bond acceptors (Lipinski definition) is 1. The molecule has 118 valence electrons. The van der Waals surface area contributed by atoms with Gasteiger partial charge in [0, 0.05) is 12.8 Å². The molecule has 0 N–H and O–H groups in total. The van der Waals surface area contributed by atoms with Crippen molar-refractivity contribution in [2.45, 2.75) is 75.4 Å². The van der Waals surface area contributed by atoms with Gasteiger partial charge < -0.3 is 4.74 Å². The zero-order valence-electron chi connectivity index (χ0n) is 10.9. The molecule has 1 nitrogen and oxygen atoms in total. The second-order valence-electron chi connectivity index (χ2n) is 5.68. The van der Waals surface area contributed by atoms with Gasteiger partial charge in [-0.15, -0.1) is 0 Å². The van der Waals surface area contributed by atoms with Gasteiger partial charge in [-0.2, -0.15) is 8.78 Å². The molecule has 0 radical (unpaired) electrons. The van der Waals surface area contributed by atoms with Crippen LogP contribution in [0.3, 0.4) is 0 Å². The summed E-state index contributed by atoms with van der Waals surface area (Å²) in [7, 11) is 0. The van der Waals surface area contributed by atoms with Crippen LogP contribution in [0, 0.1) is 5.92 Å². The maximum Gasteiger partial charge on any atom is 0.364 e. The van der Waals surface area contributed by atoms with E-state index in [2.05, 4.69) is 4.74 Å². The molecule has 2 rings (SSSR count). The van der Waals surface area contributed by atoms with Gasteiger partial charge in [-0.05, 0) is 25.7 Å². The van der Waals surface area contributed by atoms with E-state index in [1.807, 2.05) is 0 Å². The minimum absolute atomic E-state index is 0.100. The smallest absolute Gasteiger partial charge is 0.317 e. The van der Waals surface area contributed by atoms with E-state index in [1.54, 1.807) is 0 Å². The molecule has 0 bridgehead atoms. The highest BCUT2D eigenvalue weighted by Crippen LogP contribution is 2.43. The molecular formula is C13H18F6O. The largest absolute Gasteiger partial charge is 0.364 e. The number of hydrogen-bond donors (Lipinski definition) is 0. The second kappa shape index (κ2) is 6.12. The van der Waals surface area contributed by atoms with Crippen molar-refractivity contribution in [3.05, 3.63) is 0 Å². The van der Waals surface area contributed by atoms with Crippen LogP contribution in [-0.2, 0) is 4.74 Å². The van der Waals surface area contributed by atoms with E-state index in [0.717, 1.165) is 0 Å². The topological polar surface area (TPSA) is 9.23 Å². The lowest BCUT2D eigenvalue weighted by atomic mass is 9.83.